The van der Waals surface area contributed by atoms with Crippen molar-refractivity contribution in [3.63, 3.8) is 0 Å². The van der Waals surface area contributed by atoms with Crippen molar-refractivity contribution in [1.82, 2.24) is 10.2 Å². The van der Waals surface area contributed by atoms with Crippen LogP contribution in [0.2, 0.25) is 10.0 Å². The van der Waals surface area contributed by atoms with Gasteiger partial charge in [-0.15, -0.1) is 0 Å². The molecule has 1 aliphatic rings. The Morgan fingerprint density at radius 1 is 0.833 bits per heavy atom. The fourth-order valence-corrected chi connectivity index (χ4v) is 4.24. The minimum atomic E-state index is 0.0972. The van der Waals surface area contributed by atoms with E-state index in [-0.39, 0.29) is 6.04 Å². The molecule has 5 heteroatoms. The van der Waals surface area contributed by atoms with Crippen molar-refractivity contribution >= 4 is 23.2 Å². The van der Waals surface area contributed by atoms with E-state index in [0.717, 1.165) is 49.5 Å². The van der Waals surface area contributed by atoms with Crippen molar-refractivity contribution in [2.45, 2.75) is 19.1 Å². The number of halogens is 2. The first-order valence-corrected chi connectivity index (χ1v) is 11.1. The number of benzene rings is 3. The molecule has 3 aromatic rings. The zero-order chi connectivity index (χ0) is 20.8. The van der Waals surface area contributed by atoms with Crippen LogP contribution in [0.25, 0.3) is 0 Å². The monoisotopic (exact) mass is 440 g/mol. The van der Waals surface area contributed by atoms with Gasteiger partial charge in [0.15, 0.2) is 0 Å². The van der Waals surface area contributed by atoms with Gasteiger partial charge in [-0.3, -0.25) is 4.90 Å². The topological polar surface area (TPSA) is 24.5 Å². The van der Waals surface area contributed by atoms with Crippen LogP contribution in [0.15, 0.2) is 72.8 Å². The Morgan fingerprint density at radius 2 is 1.67 bits per heavy atom. The first-order valence-electron chi connectivity index (χ1n) is 10.4. The van der Waals surface area contributed by atoms with Crippen molar-refractivity contribution in [1.29, 1.82) is 0 Å². The van der Waals surface area contributed by atoms with E-state index in [0.29, 0.717) is 16.7 Å². The van der Waals surface area contributed by atoms with E-state index >= 15 is 0 Å². The van der Waals surface area contributed by atoms with E-state index in [1.165, 1.54) is 5.56 Å². The van der Waals surface area contributed by atoms with Crippen LogP contribution in [-0.4, -0.2) is 31.1 Å². The number of nitrogens with zero attached hydrogens (tertiary/aromatic N) is 1. The highest BCUT2D eigenvalue weighted by Gasteiger charge is 2.24. The molecule has 1 atom stereocenters. The lowest BCUT2D eigenvalue weighted by molar-refractivity contribution is 0.240. The maximum Gasteiger partial charge on any atom is 0.120 e. The fraction of sp³-hybridized carbons (Fsp3) is 0.280. The summed E-state index contributed by atoms with van der Waals surface area (Å²) in [7, 11) is 0. The normalized spacial score (nSPS) is 16.1. The Bertz CT molecular complexity index is 956. The summed E-state index contributed by atoms with van der Waals surface area (Å²) in [5, 5.41) is 4.66. The van der Waals surface area contributed by atoms with Gasteiger partial charge in [0.2, 0.25) is 0 Å². The minimum absolute atomic E-state index is 0.0972. The van der Waals surface area contributed by atoms with Crippen LogP contribution >= 0.6 is 23.2 Å². The molecule has 0 radical (unpaired) electrons. The molecule has 0 saturated carbocycles. The molecule has 0 spiro atoms. The van der Waals surface area contributed by atoms with Crippen LogP contribution in [0.5, 0.6) is 5.75 Å². The lowest BCUT2D eigenvalue weighted by Crippen LogP contribution is -2.33. The van der Waals surface area contributed by atoms with E-state index in [2.05, 4.69) is 46.6 Å². The fourth-order valence-electron chi connectivity index (χ4n) is 3.94. The van der Waals surface area contributed by atoms with Crippen LogP contribution in [-0.2, 0) is 6.61 Å². The minimum Gasteiger partial charge on any atom is -0.489 e. The molecular formula is C25H26Cl2N2O. The second-order valence-electron chi connectivity index (χ2n) is 7.56. The van der Waals surface area contributed by atoms with Gasteiger partial charge in [-0.25, -0.2) is 0 Å². The van der Waals surface area contributed by atoms with E-state index in [1.807, 2.05) is 36.4 Å². The van der Waals surface area contributed by atoms with Gasteiger partial charge in [0, 0.05) is 19.6 Å². The first-order chi connectivity index (χ1) is 14.7. The molecule has 1 N–H and O–H groups in total. The third-order valence-corrected chi connectivity index (χ3v) is 6.16. The number of nitrogens with one attached hydrogen (secondary N) is 1. The molecule has 156 valence electrons. The Balaban J connectivity index is 1.63. The molecule has 30 heavy (non-hydrogen) atoms. The smallest absolute Gasteiger partial charge is 0.120 e. The van der Waals surface area contributed by atoms with Gasteiger partial charge in [-0.2, -0.15) is 0 Å². The van der Waals surface area contributed by atoms with Crippen molar-refractivity contribution in [2.75, 3.05) is 26.2 Å². The Morgan fingerprint density at radius 3 is 2.50 bits per heavy atom. The van der Waals surface area contributed by atoms with E-state index in [4.69, 9.17) is 27.9 Å². The SMILES string of the molecule is Clc1ccc(C(c2cccc(OCc3ccccc3)c2)N2CCCNCC2)cc1Cl. The van der Waals surface area contributed by atoms with Gasteiger partial charge in [-0.1, -0.05) is 71.7 Å². The highest BCUT2D eigenvalue weighted by atomic mass is 35.5. The molecule has 1 heterocycles. The summed E-state index contributed by atoms with van der Waals surface area (Å²) in [4.78, 5) is 2.51. The highest BCUT2D eigenvalue weighted by molar-refractivity contribution is 6.42. The maximum atomic E-state index is 6.38. The molecular weight excluding hydrogens is 415 g/mol. The van der Waals surface area contributed by atoms with Gasteiger partial charge < -0.3 is 10.1 Å². The summed E-state index contributed by atoms with van der Waals surface area (Å²) < 4.78 is 6.10. The number of hydrogen-bond acceptors (Lipinski definition) is 3. The summed E-state index contributed by atoms with van der Waals surface area (Å²) in [6, 6.07) is 24.7. The third-order valence-electron chi connectivity index (χ3n) is 5.42. The molecule has 0 aromatic heterocycles. The summed E-state index contributed by atoms with van der Waals surface area (Å²) >= 11 is 12.6. The molecule has 0 amide bonds. The van der Waals surface area contributed by atoms with E-state index in [9.17, 15) is 0 Å². The average molecular weight is 441 g/mol. The second kappa shape index (κ2) is 10.3. The summed E-state index contributed by atoms with van der Waals surface area (Å²) in [5.41, 5.74) is 3.50. The highest BCUT2D eigenvalue weighted by Crippen LogP contribution is 2.34. The first kappa shape index (κ1) is 21.2. The molecule has 0 bridgehead atoms. The Labute approximate surface area is 188 Å². The van der Waals surface area contributed by atoms with E-state index < -0.39 is 0 Å². The zero-order valence-electron chi connectivity index (χ0n) is 16.9. The third kappa shape index (κ3) is 5.35. The number of hydrogen-bond donors (Lipinski definition) is 1. The molecule has 1 saturated heterocycles. The van der Waals surface area contributed by atoms with Crippen LogP contribution in [0, 0.1) is 0 Å². The second-order valence-corrected chi connectivity index (χ2v) is 8.38. The average Bonchev–Trinajstić information content (AvgIpc) is 3.05. The molecule has 3 aromatic carbocycles. The summed E-state index contributed by atoms with van der Waals surface area (Å²) in [6.07, 6.45) is 1.11. The number of rotatable bonds is 6. The molecule has 1 fully saturated rings. The lowest BCUT2D eigenvalue weighted by atomic mass is 9.96. The van der Waals surface area contributed by atoms with Gasteiger partial charge >= 0.3 is 0 Å². The molecule has 3 nitrogen and oxygen atoms in total. The van der Waals surface area contributed by atoms with Gasteiger partial charge in [0.05, 0.1) is 16.1 Å². The van der Waals surface area contributed by atoms with Crippen molar-refractivity contribution in [3.05, 3.63) is 99.5 Å². The van der Waals surface area contributed by atoms with Crippen molar-refractivity contribution in [3.8, 4) is 5.75 Å². The lowest BCUT2D eigenvalue weighted by Gasteiger charge is -2.31. The van der Waals surface area contributed by atoms with Crippen molar-refractivity contribution < 1.29 is 4.74 Å². The molecule has 1 unspecified atom stereocenters. The van der Waals surface area contributed by atoms with Gasteiger partial charge in [0.25, 0.3) is 0 Å². The van der Waals surface area contributed by atoms with Crippen LogP contribution in [0.4, 0.5) is 0 Å². The Hall–Kier alpha value is -2.04. The largest absolute Gasteiger partial charge is 0.489 e. The van der Waals surface area contributed by atoms with Crippen LogP contribution in [0.1, 0.15) is 29.2 Å². The van der Waals surface area contributed by atoms with Crippen LogP contribution in [0.3, 0.4) is 0 Å². The predicted molar refractivity (Wildman–Crippen MR) is 125 cm³/mol. The molecule has 0 aliphatic carbocycles. The summed E-state index contributed by atoms with van der Waals surface area (Å²) in [5.74, 6) is 0.870. The summed E-state index contributed by atoms with van der Waals surface area (Å²) in [6.45, 7) is 4.56. The standard InChI is InChI=1S/C25H26Cl2N2O/c26-23-11-10-21(17-24(23)27)25(29-14-5-12-28-13-15-29)20-8-4-9-22(16-20)30-18-19-6-2-1-3-7-19/h1-4,6-11,16-17,25,28H,5,12-15,18H2. The maximum absolute atomic E-state index is 6.38. The van der Waals surface area contributed by atoms with Crippen LogP contribution < -0.4 is 10.1 Å². The zero-order valence-corrected chi connectivity index (χ0v) is 18.4. The quantitative estimate of drug-likeness (QED) is 0.511. The number of ether oxygens (including phenoxy) is 1. The van der Waals surface area contributed by atoms with E-state index in [1.54, 1.807) is 0 Å². The predicted octanol–water partition coefficient (Wildman–Crippen LogP) is 5.96. The van der Waals surface area contributed by atoms with Gasteiger partial charge in [-0.05, 0) is 53.9 Å². The van der Waals surface area contributed by atoms with Crippen molar-refractivity contribution in [2.24, 2.45) is 0 Å². The molecule has 1 aliphatic heterocycles. The van der Waals surface area contributed by atoms with Gasteiger partial charge in [0.1, 0.15) is 12.4 Å². The Kier molecular flexibility index (Phi) is 7.29. The molecule has 4 rings (SSSR count).